The molecular weight excluding hydrogens is 288 g/mol. The van der Waals surface area contributed by atoms with E-state index < -0.39 is 29.7 Å². The highest BCUT2D eigenvalue weighted by molar-refractivity contribution is 6.45. The lowest BCUT2D eigenvalue weighted by atomic mass is 10.1. The summed E-state index contributed by atoms with van der Waals surface area (Å²) < 4.78 is 0. The van der Waals surface area contributed by atoms with Gasteiger partial charge in [-0.25, -0.2) is 4.79 Å². The van der Waals surface area contributed by atoms with Gasteiger partial charge in [0.1, 0.15) is 6.04 Å². The van der Waals surface area contributed by atoms with Gasteiger partial charge in [0, 0.05) is 23.6 Å². The average molecular weight is 300 g/mol. The van der Waals surface area contributed by atoms with Crippen LogP contribution < -0.4 is 16.0 Å². The van der Waals surface area contributed by atoms with E-state index in [-0.39, 0.29) is 12.1 Å². The molecule has 4 amide bonds. The number of rotatable bonds is 3. The number of carbonyl (C=O) groups excluding carboxylic acids is 4. The Bertz CT molecular complexity index is 795. The van der Waals surface area contributed by atoms with Gasteiger partial charge in [-0.2, -0.15) is 0 Å². The molecule has 1 unspecified atom stereocenters. The number of aromatic amines is 1. The van der Waals surface area contributed by atoms with E-state index >= 15 is 0 Å². The Hall–Kier alpha value is -3.16. The zero-order chi connectivity index (χ0) is 15.7. The molecule has 0 radical (unpaired) electrons. The lowest BCUT2D eigenvalue weighted by Crippen LogP contribution is -2.61. The van der Waals surface area contributed by atoms with Crippen LogP contribution in [-0.2, 0) is 9.59 Å². The maximum Gasteiger partial charge on any atom is 0.321 e. The molecule has 0 spiro atoms. The predicted molar refractivity (Wildman–Crippen MR) is 76.1 cm³/mol. The first-order chi connectivity index (χ1) is 10.6. The molecule has 4 N–H and O–H groups in total. The molecule has 22 heavy (non-hydrogen) atoms. The fraction of sp³-hybridized carbons (Fsp3) is 0.143. The summed E-state index contributed by atoms with van der Waals surface area (Å²) in [5, 5.41) is 7.33. The molecule has 8 nitrogen and oxygen atoms in total. The van der Waals surface area contributed by atoms with Gasteiger partial charge in [0.2, 0.25) is 0 Å². The summed E-state index contributed by atoms with van der Waals surface area (Å²) in [4.78, 5) is 49.6. The van der Waals surface area contributed by atoms with Crippen LogP contribution in [0.5, 0.6) is 0 Å². The summed E-state index contributed by atoms with van der Waals surface area (Å²) in [6.45, 7) is -0.0580. The molecule has 1 fully saturated rings. The van der Waals surface area contributed by atoms with Crippen molar-refractivity contribution in [2.75, 3.05) is 6.54 Å². The standard InChI is InChI=1S/C14H12N4O4/c19-11(8-5-15-9-4-2-1-3-7(8)9)13(21)17-10-6-16-14(22)18-12(10)20/h1-5,10,15H,6H2,(H,17,21)(H2,16,18,20,22). The highest BCUT2D eigenvalue weighted by atomic mass is 16.2. The number of aromatic nitrogens is 1. The Kier molecular flexibility index (Phi) is 3.34. The summed E-state index contributed by atoms with van der Waals surface area (Å²) in [5.41, 5.74) is 0.967. The zero-order valence-corrected chi connectivity index (χ0v) is 11.3. The maximum atomic E-state index is 12.2. The number of hydrogen-bond donors (Lipinski definition) is 4. The Morgan fingerprint density at radius 2 is 1.95 bits per heavy atom. The number of ketones is 1. The van der Waals surface area contributed by atoms with Gasteiger partial charge in [0.15, 0.2) is 0 Å². The van der Waals surface area contributed by atoms with E-state index in [0.717, 1.165) is 5.52 Å². The minimum atomic E-state index is -0.973. The van der Waals surface area contributed by atoms with Gasteiger partial charge in [0.05, 0.1) is 5.56 Å². The van der Waals surface area contributed by atoms with Crippen LogP contribution in [0.4, 0.5) is 4.79 Å². The topological polar surface area (TPSA) is 120 Å². The minimum Gasteiger partial charge on any atom is -0.360 e. The first kappa shape index (κ1) is 13.8. The molecule has 1 aromatic heterocycles. The Balaban J connectivity index is 1.76. The van der Waals surface area contributed by atoms with Crippen LogP contribution in [0.1, 0.15) is 10.4 Å². The molecule has 1 aliphatic heterocycles. The molecule has 112 valence electrons. The van der Waals surface area contributed by atoms with E-state index in [4.69, 9.17) is 0 Å². The molecule has 0 saturated carbocycles. The highest BCUT2D eigenvalue weighted by Gasteiger charge is 2.30. The van der Waals surface area contributed by atoms with Gasteiger partial charge in [-0.1, -0.05) is 18.2 Å². The van der Waals surface area contributed by atoms with Crippen LogP contribution in [0.25, 0.3) is 10.9 Å². The van der Waals surface area contributed by atoms with Gasteiger partial charge in [-0.05, 0) is 6.07 Å². The number of benzene rings is 1. The van der Waals surface area contributed by atoms with Crippen molar-refractivity contribution in [2.45, 2.75) is 6.04 Å². The normalized spacial score (nSPS) is 17.7. The summed E-state index contributed by atoms with van der Waals surface area (Å²) in [6, 6.07) is 5.48. The second kappa shape index (κ2) is 5.32. The van der Waals surface area contributed by atoms with Gasteiger partial charge in [-0.3, -0.25) is 19.7 Å². The first-order valence-electron chi connectivity index (χ1n) is 6.56. The summed E-state index contributed by atoms with van der Waals surface area (Å²) in [6.07, 6.45) is 1.45. The third-order valence-electron chi connectivity index (χ3n) is 3.37. The number of urea groups is 1. The van der Waals surface area contributed by atoms with Crippen LogP contribution in [0.15, 0.2) is 30.5 Å². The van der Waals surface area contributed by atoms with E-state index in [2.05, 4.69) is 15.6 Å². The molecular formula is C14H12N4O4. The number of H-pyrrole nitrogens is 1. The van der Waals surface area contributed by atoms with E-state index in [9.17, 15) is 19.2 Å². The Labute approximate surface area is 124 Å². The molecule has 3 rings (SSSR count). The van der Waals surface area contributed by atoms with Crippen molar-refractivity contribution in [2.24, 2.45) is 0 Å². The van der Waals surface area contributed by atoms with Crippen molar-refractivity contribution in [3.63, 3.8) is 0 Å². The molecule has 1 atom stereocenters. The molecule has 1 aromatic carbocycles. The van der Waals surface area contributed by atoms with Crippen molar-refractivity contribution in [1.82, 2.24) is 20.9 Å². The number of fused-ring (bicyclic) bond motifs is 1. The monoisotopic (exact) mass is 300 g/mol. The Morgan fingerprint density at radius 1 is 1.18 bits per heavy atom. The number of para-hydroxylation sites is 1. The predicted octanol–water partition coefficient (Wildman–Crippen LogP) is -0.325. The van der Waals surface area contributed by atoms with Crippen LogP contribution in [0.3, 0.4) is 0 Å². The Morgan fingerprint density at radius 3 is 2.73 bits per heavy atom. The number of Topliss-reactive ketones (excluding diaryl/α,β-unsaturated/α-hetero) is 1. The quantitative estimate of drug-likeness (QED) is 0.458. The number of hydrogen-bond acceptors (Lipinski definition) is 4. The number of imide groups is 1. The van der Waals surface area contributed by atoms with Gasteiger partial charge >= 0.3 is 6.03 Å². The van der Waals surface area contributed by atoms with E-state index in [1.807, 2.05) is 11.4 Å². The SMILES string of the molecule is O=C1NCC(NC(=O)C(=O)c2c[nH]c3ccccc23)C(=O)N1. The third-order valence-corrected chi connectivity index (χ3v) is 3.37. The van der Waals surface area contributed by atoms with Crippen LogP contribution in [0, 0.1) is 0 Å². The molecule has 0 bridgehead atoms. The van der Waals surface area contributed by atoms with Crippen molar-refractivity contribution in [3.05, 3.63) is 36.0 Å². The summed E-state index contributed by atoms with van der Waals surface area (Å²) in [7, 11) is 0. The van der Waals surface area contributed by atoms with Crippen LogP contribution in [0.2, 0.25) is 0 Å². The van der Waals surface area contributed by atoms with E-state index in [0.29, 0.717) is 5.39 Å². The highest BCUT2D eigenvalue weighted by Crippen LogP contribution is 2.18. The van der Waals surface area contributed by atoms with Crippen molar-refractivity contribution in [3.8, 4) is 0 Å². The fourth-order valence-electron chi connectivity index (χ4n) is 2.25. The van der Waals surface area contributed by atoms with Crippen molar-refractivity contribution in [1.29, 1.82) is 0 Å². The van der Waals surface area contributed by atoms with Crippen LogP contribution >= 0.6 is 0 Å². The van der Waals surface area contributed by atoms with E-state index in [1.165, 1.54) is 6.20 Å². The summed E-state index contributed by atoms with van der Waals surface area (Å²) >= 11 is 0. The second-order valence-electron chi connectivity index (χ2n) is 4.80. The maximum absolute atomic E-state index is 12.2. The lowest BCUT2D eigenvalue weighted by Gasteiger charge is -2.22. The van der Waals surface area contributed by atoms with Crippen molar-refractivity contribution >= 4 is 34.5 Å². The zero-order valence-electron chi connectivity index (χ0n) is 11.3. The first-order valence-corrected chi connectivity index (χ1v) is 6.56. The summed E-state index contributed by atoms with van der Waals surface area (Å²) in [5.74, 6) is -2.30. The van der Waals surface area contributed by atoms with Gasteiger partial charge in [0.25, 0.3) is 17.6 Å². The lowest BCUT2D eigenvalue weighted by molar-refractivity contribution is -0.126. The largest absolute Gasteiger partial charge is 0.360 e. The smallest absolute Gasteiger partial charge is 0.321 e. The molecule has 2 heterocycles. The molecule has 2 aromatic rings. The molecule has 1 saturated heterocycles. The minimum absolute atomic E-state index is 0.0580. The number of nitrogens with one attached hydrogen (secondary N) is 4. The molecule has 8 heteroatoms. The average Bonchev–Trinajstić information content (AvgIpc) is 2.93. The second-order valence-corrected chi connectivity index (χ2v) is 4.80. The third kappa shape index (κ3) is 2.41. The fourth-order valence-corrected chi connectivity index (χ4v) is 2.25. The van der Waals surface area contributed by atoms with E-state index in [1.54, 1.807) is 18.2 Å². The number of carbonyl (C=O) groups is 4. The number of amides is 4. The van der Waals surface area contributed by atoms with Crippen LogP contribution in [-0.4, -0.2) is 41.2 Å². The van der Waals surface area contributed by atoms with Crippen molar-refractivity contribution < 1.29 is 19.2 Å². The van der Waals surface area contributed by atoms with Gasteiger partial charge in [-0.15, -0.1) is 0 Å². The molecule has 0 aliphatic carbocycles. The van der Waals surface area contributed by atoms with Gasteiger partial charge < -0.3 is 15.6 Å². The molecule has 1 aliphatic rings.